The molecule has 0 fully saturated rings. The van der Waals surface area contributed by atoms with E-state index in [4.69, 9.17) is 9.47 Å². The molecule has 0 unspecified atom stereocenters. The molecule has 1 heterocycles. The maximum Gasteiger partial charge on any atom is 0.269 e. The molecule has 1 aromatic heterocycles. The van der Waals surface area contributed by atoms with Crippen LogP contribution in [-0.4, -0.2) is 53.7 Å². The number of ether oxygens (including phenoxy) is 2. The summed E-state index contributed by atoms with van der Waals surface area (Å²) in [5.41, 5.74) is 1.50. The molecule has 1 amide bonds. The lowest BCUT2D eigenvalue weighted by Gasteiger charge is -2.19. The van der Waals surface area contributed by atoms with Gasteiger partial charge in [0, 0.05) is 18.3 Å². The minimum Gasteiger partial charge on any atom is -0.493 e. The van der Waals surface area contributed by atoms with E-state index in [0.717, 1.165) is 19.6 Å². The molecule has 3 aromatic rings. The molecule has 8 nitrogen and oxygen atoms in total. The second kappa shape index (κ2) is 10.6. The molecule has 0 aliphatic carbocycles. The van der Waals surface area contributed by atoms with E-state index in [1.807, 2.05) is 12.1 Å². The number of nitrogens with one attached hydrogen (secondary N) is 1. The van der Waals surface area contributed by atoms with Crippen molar-refractivity contribution in [2.24, 2.45) is 0 Å². The van der Waals surface area contributed by atoms with Crippen molar-refractivity contribution in [2.75, 3.05) is 38.7 Å². The summed E-state index contributed by atoms with van der Waals surface area (Å²) >= 11 is 0. The molecule has 2 aromatic carbocycles. The number of benzene rings is 2. The van der Waals surface area contributed by atoms with Crippen LogP contribution in [0.2, 0.25) is 0 Å². The zero-order valence-electron chi connectivity index (χ0n) is 18.1. The lowest BCUT2D eigenvalue weighted by Crippen LogP contribution is -2.28. The van der Waals surface area contributed by atoms with Gasteiger partial charge in [0.1, 0.15) is 13.2 Å². The van der Waals surface area contributed by atoms with Crippen molar-refractivity contribution >= 4 is 22.6 Å². The maximum atomic E-state index is 12.7. The van der Waals surface area contributed by atoms with Crippen LogP contribution >= 0.6 is 0 Å². The van der Waals surface area contributed by atoms with Gasteiger partial charge in [0.15, 0.2) is 11.5 Å². The zero-order chi connectivity index (χ0) is 22.2. The lowest BCUT2D eigenvalue weighted by molar-refractivity contribution is -0.116. The number of carbonyl (C=O) groups is 1. The van der Waals surface area contributed by atoms with Crippen LogP contribution < -0.4 is 20.3 Å². The number of likely N-dealkylation sites (N-methyl/N-ethyl adjacent to an activating group) is 1. The Hall–Kier alpha value is -3.39. The average Bonchev–Trinajstić information content (AvgIpc) is 2.79. The maximum absolute atomic E-state index is 12.7. The highest BCUT2D eigenvalue weighted by atomic mass is 16.5. The first kappa shape index (κ1) is 22.3. The topological polar surface area (TPSA) is 85.7 Å². The summed E-state index contributed by atoms with van der Waals surface area (Å²) in [5, 5.41) is 2.83. The number of hydrogen-bond acceptors (Lipinski definition) is 6. The number of methoxy groups -OCH3 is 1. The van der Waals surface area contributed by atoms with E-state index in [2.05, 4.69) is 29.0 Å². The van der Waals surface area contributed by atoms with Gasteiger partial charge in [-0.05, 0) is 37.4 Å². The highest BCUT2D eigenvalue weighted by Gasteiger charge is 2.12. The largest absolute Gasteiger partial charge is 0.493 e. The van der Waals surface area contributed by atoms with Gasteiger partial charge >= 0.3 is 0 Å². The molecule has 31 heavy (non-hydrogen) atoms. The molecule has 0 radical (unpaired) electrons. The average molecular weight is 425 g/mol. The number of rotatable bonds is 10. The molecule has 0 bridgehead atoms. The number of nitrogens with zero attached hydrogens (tertiary/aromatic N) is 3. The Morgan fingerprint density at radius 1 is 1.13 bits per heavy atom. The number of hydrogen-bond donors (Lipinski definition) is 1. The van der Waals surface area contributed by atoms with Crippen molar-refractivity contribution in [3.63, 3.8) is 0 Å². The Kier molecular flexibility index (Phi) is 7.61. The first-order valence-corrected chi connectivity index (χ1v) is 10.3. The van der Waals surface area contributed by atoms with Crippen LogP contribution in [0.4, 0.5) is 5.69 Å². The first-order valence-electron chi connectivity index (χ1n) is 10.3. The zero-order valence-corrected chi connectivity index (χ0v) is 18.1. The normalized spacial score (nSPS) is 11.0. The minimum absolute atomic E-state index is 0.119. The fourth-order valence-corrected chi connectivity index (χ4v) is 3.31. The highest BCUT2D eigenvalue weighted by Crippen LogP contribution is 2.30. The Bertz CT molecular complexity index is 1090. The monoisotopic (exact) mass is 424 g/mol. The third kappa shape index (κ3) is 5.61. The van der Waals surface area contributed by atoms with Crippen LogP contribution in [0.25, 0.3) is 11.0 Å². The fraction of sp³-hybridized carbons (Fsp3) is 0.348. The summed E-state index contributed by atoms with van der Waals surface area (Å²) in [6.07, 6.45) is 1.23. The van der Waals surface area contributed by atoms with Crippen molar-refractivity contribution in [3.05, 3.63) is 59.0 Å². The van der Waals surface area contributed by atoms with Crippen molar-refractivity contribution < 1.29 is 14.3 Å². The lowest BCUT2D eigenvalue weighted by atomic mass is 10.2. The van der Waals surface area contributed by atoms with E-state index in [1.54, 1.807) is 37.4 Å². The molecule has 0 aliphatic heterocycles. The van der Waals surface area contributed by atoms with Crippen LogP contribution in [-0.2, 0) is 11.3 Å². The van der Waals surface area contributed by atoms with Gasteiger partial charge in [0.2, 0.25) is 5.91 Å². The summed E-state index contributed by atoms with van der Waals surface area (Å²) in [6, 6.07) is 12.4. The third-order valence-electron chi connectivity index (χ3n) is 5.06. The number of carbonyl (C=O) groups excluding carboxylic acids is 1. The Morgan fingerprint density at radius 3 is 2.65 bits per heavy atom. The van der Waals surface area contributed by atoms with Gasteiger partial charge in [0.05, 0.1) is 24.3 Å². The number of anilines is 1. The van der Waals surface area contributed by atoms with Crippen LogP contribution in [0, 0.1) is 0 Å². The van der Waals surface area contributed by atoms with Gasteiger partial charge in [-0.1, -0.05) is 26.0 Å². The molecule has 8 heteroatoms. The molecule has 164 valence electrons. The molecular formula is C23H28N4O4. The Labute approximate surface area is 181 Å². The van der Waals surface area contributed by atoms with Gasteiger partial charge < -0.3 is 19.7 Å². The summed E-state index contributed by atoms with van der Waals surface area (Å²) in [7, 11) is 1.58. The van der Waals surface area contributed by atoms with Crippen LogP contribution in [0.5, 0.6) is 11.5 Å². The summed E-state index contributed by atoms with van der Waals surface area (Å²) < 4.78 is 12.7. The molecule has 0 saturated carbocycles. The van der Waals surface area contributed by atoms with E-state index in [-0.39, 0.29) is 18.0 Å². The molecule has 0 aliphatic rings. The predicted molar refractivity (Wildman–Crippen MR) is 121 cm³/mol. The van der Waals surface area contributed by atoms with Gasteiger partial charge in [-0.3, -0.25) is 14.2 Å². The number of para-hydroxylation sites is 2. The van der Waals surface area contributed by atoms with Gasteiger partial charge in [-0.15, -0.1) is 0 Å². The number of aromatic nitrogens is 2. The summed E-state index contributed by atoms with van der Waals surface area (Å²) in [4.78, 5) is 31.3. The van der Waals surface area contributed by atoms with Crippen molar-refractivity contribution in [1.82, 2.24) is 14.5 Å². The minimum atomic E-state index is -0.330. The molecule has 1 N–H and O–H groups in total. The van der Waals surface area contributed by atoms with Gasteiger partial charge in [0.25, 0.3) is 5.56 Å². The Balaban J connectivity index is 1.72. The van der Waals surface area contributed by atoms with Crippen LogP contribution in [0.15, 0.2) is 53.5 Å². The van der Waals surface area contributed by atoms with Crippen molar-refractivity contribution in [2.45, 2.75) is 20.4 Å². The second-order valence-electron chi connectivity index (χ2n) is 6.96. The molecule has 0 spiro atoms. The van der Waals surface area contributed by atoms with Crippen molar-refractivity contribution in [3.8, 4) is 11.5 Å². The molecule has 0 saturated heterocycles. The number of fused-ring (bicyclic) bond motifs is 1. The first-order chi connectivity index (χ1) is 15.0. The summed E-state index contributed by atoms with van der Waals surface area (Å²) in [6.45, 7) is 7.31. The Morgan fingerprint density at radius 2 is 1.90 bits per heavy atom. The van der Waals surface area contributed by atoms with Crippen LogP contribution in [0.3, 0.4) is 0 Å². The number of amides is 1. The molecule has 0 atom stereocenters. The van der Waals surface area contributed by atoms with Gasteiger partial charge in [-0.25, -0.2) is 4.98 Å². The quantitative estimate of drug-likeness (QED) is 0.539. The van der Waals surface area contributed by atoms with Crippen molar-refractivity contribution in [1.29, 1.82) is 0 Å². The SMILES string of the molecule is CCN(CC)CCOc1cc(NC(=O)Cn2c(=O)cnc3ccccc32)ccc1OC. The third-order valence-corrected chi connectivity index (χ3v) is 5.06. The highest BCUT2D eigenvalue weighted by molar-refractivity contribution is 5.91. The van der Waals surface area contributed by atoms with Gasteiger partial charge in [-0.2, -0.15) is 0 Å². The van der Waals surface area contributed by atoms with E-state index in [0.29, 0.717) is 34.8 Å². The standard InChI is InChI=1S/C23H28N4O4/c1-4-26(5-2)12-13-31-21-14-17(10-11-20(21)30-3)25-22(28)16-27-19-9-7-6-8-18(19)24-15-23(27)29/h6-11,14-15H,4-5,12-13,16H2,1-3H3,(H,25,28). The van der Waals surface area contributed by atoms with Crippen LogP contribution in [0.1, 0.15) is 13.8 Å². The van der Waals surface area contributed by atoms with E-state index in [9.17, 15) is 9.59 Å². The van der Waals surface area contributed by atoms with E-state index < -0.39 is 0 Å². The fourth-order valence-electron chi connectivity index (χ4n) is 3.31. The smallest absolute Gasteiger partial charge is 0.269 e. The van der Waals surface area contributed by atoms with E-state index in [1.165, 1.54) is 10.8 Å². The van der Waals surface area contributed by atoms with E-state index >= 15 is 0 Å². The predicted octanol–water partition coefficient (Wildman–Crippen LogP) is 2.76. The molecular weight excluding hydrogens is 396 g/mol. The molecule has 3 rings (SSSR count). The summed E-state index contributed by atoms with van der Waals surface area (Å²) in [5.74, 6) is 0.825. The second-order valence-corrected chi connectivity index (χ2v) is 6.96.